The molecule has 1 N–H and O–H groups in total. The van der Waals surface area contributed by atoms with E-state index in [4.69, 9.17) is 5.11 Å². The molecule has 0 aromatic heterocycles. The second-order valence-electron chi connectivity index (χ2n) is 4.74. The Balaban J connectivity index is 2.49. The number of alkyl halides is 2. The molecule has 1 aliphatic heterocycles. The highest BCUT2D eigenvalue weighted by molar-refractivity contribution is 5.67. The van der Waals surface area contributed by atoms with Crippen LogP contribution in [0.25, 0.3) is 0 Å². The summed E-state index contributed by atoms with van der Waals surface area (Å²) in [5.74, 6) is -5.26. The molecule has 0 spiro atoms. The number of halogens is 2. The Morgan fingerprint density at radius 2 is 1.94 bits per heavy atom. The van der Waals surface area contributed by atoms with E-state index in [1.165, 1.54) is 0 Å². The number of carboxylic acids is 1. The predicted octanol–water partition coefficient (Wildman–Crippen LogP) is 2.22. The second-order valence-corrected chi connectivity index (χ2v) is 4.74. The van der Waals surface area contributed by atoms with Crippen molar-refractivity contribution in [1.29, 1.82) is 0 Å². The first-order valence-electron chi connectivity index (χ1n) is 5.66. The van der Waals surface area contributed by atoms with Crippen molar-refractivity contribution in [3.05, 3.63) is 0 Å². The summed E-state index contributed by atoms with van der Waals surface area (Å²) in [7, 11) is 0. The molecule has 0 amide bonds. The number of piperidine rings is 1. The summed E-state index contributed by atoms with van der Waals surface area (Å²) in [6, 6.07) is 0.369. The van der Waals surface area contributed by atoms with Crippen LogP contribution in [0.5, 0.6) is 0 Å². The SMILES string of the molecule is CC(C)N1CCC(C(F)(F)CC(=O)O)CC1. The highest BCUT2D eigenvalue weighted by atomic mass is 19.3. The van der Waals surface area contributed by atoms with Gasteiger partial charge in [-0.2, -0.15) is 0 Å². The van der Waals surface area contributed by atoms with E-state index in [1.54, 1.807) is 0 Å². The van der Waals surface area contributed by atoms with Crippen LogP contribution in [0, 0.1) is 5.92 Å². The quantitative estimate of drug-likeness (QED) is 0.812. The van der Waals surface area contributed by atoms with E-state index in [-0.39, 0.29) is 0 Å². The minimum Gasteiger partial charge on any atom is -0.481 e. The first kappa shape index (κ1) is 13.4. The van der Waals surface area contributed by atoms with Crippen LogP contribution in [0.2, 0.25) is 0 Å². The molecular weight excluding hydrogens is 216 g/mol. The van der Waals surface area contributed by atoms with Crippen molar-refractivity contribution in [1.82, 2.24) is 4.90 Å². The minimum atomic E-state index is -3.06. The van der Waals surface area contributed by atoms with Crippen LogP contribution in [0.4, 0.5) is 8.78 Å². The third-order valence-electron chi connectivity index (χ3n) is 3.24. The van der Waals surface area contributed by atoms with Crippen molar-refractivity contribution in [2.75, 3.05) is 13.1 Å². The summed E-state index contributed by atoms with van der Waals surface area (Å²) in [4.78, 5) is 12.5. The number of hydrogen-bond donors (Lipinski definition) is 1. The highest BCUT2D eigenvalue weighted by Gasteiger charge is 2.42. The van der Waals surface area contributed by atoms with Gasteiger partial charge in [0, 0.05) is 12.0 Å². The summed E-state index contributed by atoms with van der Waals surface area (Å²) in [6.07, 6.45) is -0.268. The first-order chi connectivity index (χ1) is 7.33. The molecule has 0 radical (unpaired) electrons. The van der Waals surface area contributed by atoms with Crippen molar-refractivity contribution in [3.8, 4) is 0 Å². The second kappa shape index (κ2) is 5.08. The molecule has 16 heavy (non-hydrogen) atoms. The van der Waals surface area contributed by atoms with Crippen LogP contribution < -0.4 is 0 Å². The van der Waals surface area contributed by atoms with Crippen molar-refractivity contribution < 1.29 is 18.7 Å². The molecule has 94 valence electrons. The lowest BCUT2D eigenvalue weighted by Gasteiger charge is -2.37. The third-order valence-corrected chi connectivity index (χ3v) is 3.24. The van der Waals surface area contributed by atoms with Gasteiger partial charge in [-0.05, 0) is 39.8 Å². The molecule has 0 aliphatic carbocycles. The van der Waals surface area contributed by atoms with Crippen LogP contribution in [0.1, 0.15) is 33.1 Å². The monoisotopic (exact) mass is 235 g/mol. The molecule has 0 aromatic rings. The maximum Gasteiger partial charge on any atom is 0.309 e. The summed E-state index contributed by atoms with van der Waals surface area (Å²) in [6.45, 7) is 5.35. The van der Waals surface area contributed by atoms with Gasteiger partial charge in [0.2, 0.25) is 0 Å². The number of rotatable bonds is 4. The Hall–Kier alpha value is -0.710. The fraction of sp³-hybridized carbons (Fsp3) is 0.909. The highest BCUT2D eigenvalue weighted by Crippen LogP contribution is 2.36. The molecule has 0 aromatic carbocycles. The molecule has 1 saturated heterocycles. The number of carbonyl (C=O) groups is 1. The van der Waals surface area contributed by atoms with Gasteiger partial charge in [-0.25, -0.2) is 8.78 Å². The smallest absolute Gasteiger partial charge is 0.309 e. The van der Waals surface area contributed by atoms with Gasteiger partial charge in [0.05, 0.1) is 0 Å². The molecule has 0 saturated carbocycles. The summed E-state index contributed by atoms with van der Waals surface area (Å²) >= 11 is 0. The average molecular weight is 235 g/mol. The molecule has 1 fully saturated rings. The topological polar surface area (TPSA) is 40.5 Å². The molecule has 1 aliphatic rings. The maximum atomic E-state index is 13.5. The molecule has 1 heterocycles. The van der Waals surface area contributed by atoms with Crippen molar-refractivity contribution >= 4 is 5.97 Å². The number of nitrogens with zero attached hydrogens (tertiary/aromatic N) is 1. The van der Waals surface area contributed by atoms with Crippen LogP contribution in [0.15, 0.2) is 0 Å². The lowest BCUT2D eigenvalue weighted by Crippen LogP contribution is -2.44. The Bertz CT molecular complexity index is 248. The van der Waals surface area contributed by atoms with E-state index in [0.717, 1.165) is 0 Å². The first-order valence-corrected chi connectivity index (χ1v) is 5.66. The molecule has 0 unspecified atom stereocenters. The van der Waals surface area contributed by atoms with Gasteiger partial charge < -0.3 is 10.0 Å². The minimum absolute atomic E-state index is 0.369. The maximum absolute atomic E-state index is 13.5. The van der Waals surface area contributed by atoms with Gasteiger partial charge in [0.25, 0.3) is 5.92 Å². The Morgan fingerprint density at radius 1 is 1.44 bits per heavy atom. The zero-order valence-electron chi connectivity index (χ0n) is 9.75. The number of likely N-dealkylation sites (tertiary alicyclic amines) is 1. The Labute approximate surface area is 94.4 Å². The molecule has 0 atom stereocenters. The molecule has 5 heteroatoms. The zero-order chi connectivity index (χ0) is 12.3. The van der Waals surface area contributed by atoms with Gasteiger partial charge in [-0.3, -0.25) is 4.79 Å². The number of carboxylic acid groups (broad SMARTS) is 1. The van der Waals surface area contributed by atoms with Crippen LogP contribution in [-0.4, -0.2) is 41.0 Å². The van der Waals surface area contributed by atoms with E-state index in [2.05, 4.69) is 4.90 Å². The summed E-state index contributed by atoms with van der Waals surface area (Å²) in [5.41, 5.74) is 0. The van der Waals surface area contributed by atoms with Crippen molar-refractivity contribution in [2.24, 2.45) is 5.92 Å². The standard InChI is InChI=1S/C11H19F2NO2/c1-8(2)14-5-3-9(4-6-14)11(12,13)7-10(15)16/h8-9H,3-7H2,1-2H3,(H,15,16). The number of hydrogen-bond acceptors (Lipinski definition) is 2. The fourth-order valence-electron chi connectivity index (χ4n) is 2.18. The fourth-order valence-corrected chi connectivity index (χ4v) is 2.18. The molecule has 3 nitrogen and oxygen atoms in total. The summed E-state index contributed by atoms with van der Waals surface area (Å²) < 4.78 is 27.0. The van der Waals surface area contributed by atoms with Crippen LogP contribution >= 0.6 is 0 Å². The normalized spacial score (nSPS) is 20.3. The molecule has 0 bridgehead atoms. The summed E-state index contributed by atoms with van der Waals surface area (Å²) in [5, 5.41) is 8.43. The van der Waals surface area contributed by atoms with E-state index in [1.807, 2.05) is 13.8 Å². The van der Waals surface area contributed by atoms with Crippen molar-refractivity contribution in [2.45, 2.75) is 45.1 Å². The van der Waals surface area contributed by atoms with Crippen molar-refractivity contribution in [3.63, 3.8) is 0 Å². The Kier molecular flexibility index (Phi) is 4.24. The van der Waals surface area contributed by atoms with Gasteiger partial charge in [0.1, 0.15) is 6.42 Å². The third kappa shape index (κ3) is 3.40. The number of aliphatic carboxylic acids is 1. The van der Waals surface area contributed by atoms with Gasteiger partial charge in [0.15, 0.2) is 0 Å². The van der Waals surface area contributed by atoms with Crippen LogP contribution in [0.3, 0.4) is 0 Å². The predicted molar refractivity (Wildman–Crippen MR) is 56.6 cm³/mol. The molecular formula is C11H19F2NO2. The zero-order valence-corrected chi connectivity index (χ0v) is 9.75. The van der Waals surface area contributed by atoms with Gasteiger partial charge in [-0.15, -0.1) is 0 Å². The lowest BCUT2D eigenvalue weighted by atomic mass is 9.88. The van der Waals surface area contributed by atoms with Gasteiger partial charge in [-0.1, -0.05) is 0 Å². The van der Waals surface area contributed by atoms with Crippen LogP contribution in [-0.2, 0) is 4.79 Å². The Morgan fingerprint density at radius 3 is 2.31 bits per heavy atom. The van der Waals surface area contributed by atoms with E-state index in [0.29, 0.717) is 32.0 Å². The molecule has 1 rings (SSSR count). The van der Waals surface area contributed by atoms with E-state index in [9.17, 15) is 13.6 Å². The lowest BCUT2D eigenvalue weighted by molar-refractivity contribution is -0.151. The van der Waals surface area contributed by atoms with Gasteiger partial charge >= 0.3 is 5.97 Å². The largest absolute Gasteiger partial charge is 0.481 e. The average Bonchev–Trinajstić information content (AvgIpc) is 2.16. The van der Waals surface area contributed by atoms with E-state index < -0.39 is 24.2 Å². The van der Waals surface area contributed by atoms with E-state index >= 15 is 0 Å².